The van der Waals surface area contributed by atoms with Gasteiger partial charge in [-0.3, -0.25) is 0 Å². The number of ether oxygens (including phenoxy) is 1. The zero-order chi connectivity index (χ0) is 15.1. The van der Waals surface area contributed by atoms with Crippen LogP contribution in [0.5, 0.6) is 5.75 Å². The van der Waals surface area contributed by atoms with Crippen LogP contribution in [0.4, 0.5) is 0 Å². The van der Waals surface area contributed by atoms with Crippen LogP contribution in [0.25, 0.3) is 0 Å². The van der Waals surface area contributed by atoms with Gasteiger partial charge in [0.2, 0.25) is 0 Å². The maximum absolute atomic E-state index is 5.33. The second-order valence-electron chi connectivity index (χ2n) is 6.13. The highest BCUT2D eigenvalue weighted by molar-refractivity contribution is 9.10. The first kappa shape index (κ1) is 16.8. The van der Waals surface area contributed by atoms with Crippen LogP contribution >= 0.6 is 15.9 Å². The molecular weight excluding hydrogens is 326 g/mol. The van der Waals surface area contributed by atoms with E-state index in [2.05, 4.69) is 46.4 Å². The number of benzene rings is 1. The maximum atomic E-state index is 5.33. The molecule has 2 rings (SSSR count). The van der Waals surface area contributed by atoms with E-state index in [-0.39, 0.29) is 0 Å². The summed E-state index contributed by atoms with van der Waals surface area (Å²) in [6.07, 6.45) is 9.52. The standard InChI is InChI=1S/C18H28BrNO/c1-3-12-20-17(10-8-14-6-4-5-7-14)15-9-11-18(21-2)16(19)13-15/h9,11,13-14,17,20H,3-8,10,12H2,1-2H3. The van der Waals surface area contributed by atoms with Gasteiger partial charge in [-0.15, -0.1) is 0 Å². The average molecular weight is 354 g/mol. The molecule has 2 nitrogen and oxygen atoms in total. The Kier molecular flexibility index (Phi) is 7.05. The fourth-order valence-corrected chi connectivity index (χ4v) is 3.86. The van der Waals surface area contributed by atoms with Crippen LogP contribution in [-0.4, -0.2) is 13.7 Å². The number of hydrogen-bond acceptors (Lipinski definition) is 2. The lowest BCUT2D eigenvalue weighted by Gasteiger charge is -2.21. The van der Waals surface area contributed by atoms with Gasteiger partial charge in [-0.05, 0) is 65.4 Å². The number of nitrogens with one attached hydrogen (secondary N) is 1. The van der Waals surface area contributed by atoms with Crippen molar-refractivity contribution in [3.05, 3.63) is 28.2 Å². The summed E-state index contributed by atoms with van der Waals surface area (Å²) in [5.74, 6) is 1.86. The monoisotopic (exact) mass is 353 g/mol. The van der Waals surface area contributed by atoms with Gasteiger partial charge >= 0.3 is 0 Å². The van der Waals surface area contributed by atoms with E-state index < -0.39 is 0 Å². The quantitative estimate of drug-likeness (QED) is 0.668. The van der Waals surface area contributed by atoms with Crippen molar-refractivity contribution in [1.82, 2.24) is 5.32 Å². The van der Waals surface area contributed by atoms with Crippen molar-refractivity contribution in [1.29, 1.82) is 0 Å². The Morgan fingerprint density at radius 3 is 2.71 bits per heavy atom. The molecule has 1 saturated carbocycles. The van der Waals surface area contributed by atoms with Gasteiger partial charge in [-0.2, -0.15) is 0 Å². The number of methoxy groups -OCH3 is 1. The van der Waals surface area contributed by atoms with Crippen molar-refractivity contribution in [2.75, 3.05) is 13.7 Å². The predicted molar refractivity (Wildman–Crippen MR) is 92.9 cm³/mol. The lowest BCUT2D eigenvalue weighted by atomic mass is 9.94. The molecule has 0 aromatic heterocycles. The lowest BCUT2D eigenvalue weighted by molar-refractivity contribution is 0.405. The highest BCUT2D eigenvalue weighted by atomic mass is 79.9. The molecule has 1 atom stereocenters. The molecule has 3 heteroatoms. The van der Waals surface area contributed by atoms with Crippen molar-refractivity contribution >= 4 is 15.9 Å². The van der Waals surface area contributed by atoms with Gasteiger partial charge in [0.05, 0.1) is 11.6 Å². The first-order chi connectivity index (χ1) is 10.2. The summed E-state index contributed by atoms with van der Waals surface area (Å²) < 4.78 is 6.38. The van der Waals surface area contributed by atoms with Gasteiger partial charge in [0, 0.05) is 6.04 Å². The van der Waals surface area contributed by atoms with Gasteiger partial charge in [0.25, 0.3) is 0 Å². The summed E-state index contributed by atoms with van der Waals surface area (Å²) in [6, 6.07) is 6.94. The third kappa shape index (κ3) is 5.00. The second kappa shape index (κ2) is 8.79. The predicted octanol–water partition coefficient (Wildman–Crippen LogP) is 5.47. The molecule has 1 N–H and O–H groups in total. The van der Waals surface area contributed by atoms with Crippen molar-refractivity contribution in [3.63, 3.8) is 0 Å². The van der Waals surface area contributed by atoms with Crippen LogP contribution in [0.15, 0.2) is 22.7 Å². The van der Waals surface area contributed by atoms with Gasteiger partial charge in [-0.1, -0.05) is 38.7 Å². The van der Waals surface area contributed by atoms with E-state index in [0.717, 1.165) is 22.7 Å². The molecule has 0 heterocycles. The molecule has 1 fully saturated rings. The molecule has 0 aliphatic heterocycles. The summed E-state index contributed by atoms with van der Waals surface area (Å²) >= 11 is 3.61. The minimum absolute atomic E-state index is 0.466. The summed E-state index contributed by atoms with van der Waals surface area (Å²) in [7, 11) is 1.71. The van der Waals surface area contributed by atoms with Crippen LogP contribution in [0.1, 0.15) is 63.5 Å². The SMILES string of the molecule is CCCNC(CCC1CCCC1)c1ccc(OC)c(Br)c1. The van der Waals surface area contributed by atoms with Crippen molar-refractivity contribution in [2.45, 2.75) is 57.9 Å². The molecule has 0 amide bonds. The Morgan fingerprint density at radius 2 is 2.10 bits per heavy atom. The smallest absolute Gasteiger partial charge is 0.133 e. The van der Waals surface area contributed by atoms with Crippen LogP contribution < -0.4 is 10.1 Å². The molecule has 1 aliphatic rings. The molecule has 0 bridgehead atoms. The largest absolute Gasteiger partial charge is 0.496 e. The van der Waals surface area contributed by atoms with E-state index in [1.54, 1.807) is 7.11 Å². The van der Waals surface area contributed by atoms with Crippen molar-refractivity contribution in [3.8, 4) is 5.75 Å². The molecule has 0 saturated heterocycles. The Hall–Kier alpha value is -0.540. The molecule has 0 radical (unpaired) electrons. The third-order valence-corrected chi connectivity index (χ3v) is 5.18. The first-order valence-electron chi connectivity index (χ1n) is 8.31. The summed E-state index contributed by atoms with van der Waals surface area (Å²) in [5, 5.41) is 3.71. The summed E-state index contributed by atoms with van der Waals surface area (Å²) in [4.78, 5) is 0. The fraction of sp³-hybridized carbons (Fsp3) is 0.667. The topological polar surface area (TPSA) is 21.3 Å². The van der Waals surface area contributed by atoms with Crippen LogP contribution in [0.2, 0.25) is 0 Å². The van der Waals surface area contributed by atoms with Gasteiger partial charge in [0.1, 0.15) is 5.75 Å². The highest BCUT2D eigenvalue weighted by Gasteiger charge is 2.18. The fourth-order valence-electron chi connectivity index (χ4n) is 3.31. The molecule has 1 aromatic carbocycles. The minimum atomic E-state index is 0.466. The van der Waals surface area contributed by atoms with Crippen LogP contribution in [0.3, 0.4) is 0 Å². The molecule has 0 spiro atoms. The number of rotatable bonds is 8. The van der Waals surface area contributed by atoms with E-state index >= 15 is 0 Å². The Bertz CT molecular complexity index is 429. The Balaban J connectivity index is 2.01. The minimum Gasteiger partial charge on any atom is -0.496 e. The molecule has 1 unspecified atom stereocenters. The molecular formula is C18H28BrNO. The second-order valence-corrected chi connectivity index (χ2v) is 6.98. The maximum Gasteiger partial charge on any atom is 0.133 e. The van der Waals surface area contributed by atoms with Gasteiger partial charge in [0.15, 0.2) is 0 Å². The Morgan fingerprint density at radius 1 is 1.33 bits per heavy atom. The molecule has 1 aromatic rings. The lowest BCUT2D eigenvalue weighted by Crippen LogP contribution is -2.22. The van der Waals surface area contributed by atoms with Crippen LogP contribution in [0, 0.1) is 5.92 Å². The van der Waals surface area contributed by atoms with E-state index in [4.69, 9.17) is 4.74 Å². The van der Waals surface area contributed by atoms with E-state index in [1.165, 1.54) is 50.5 Å². The van der Waals surface area contributed by atoms with Gasteiger partial charge in [-0.25, -0.2) is 0 Å². The summed E-state index contributed by atoms with van der Waals surface area (Å²) in [6.45, 7) is 3.31. The third-order valence-electron chi connectivity index (χ3n) is 4.56. The average Bonchev–Trinajstić information content (AvgIpc) is 3.00. The highest BCUT2D eigenvalue weighted by Crippen LogP contribution is 2.33. The number of halogens is 1. The zero-order valence-electron chi connectivity index (χ0n) is 13.3. The van der Waals surface area contributed by atoms with Crippen LogP contribution in [-0.2, 0) is 0 Å². The van der Waals surface area contributed by atoms with Crippen molar-refractivity contribution < 1.29 is 4.74 Å². The number of hydrogen-bond donors (Lipinski definition) is 1. The molecule has 21 heavy (non-hydrogen) atoms. The zero-order valence-corrected chi connectivity index (χ0v) is 14.9. The molecule has 1 aliphatic carbocycles. The first-order valence-corrected chi connectivity index (χ1v) is 9.10. The van der Waals surface area contributed by atoms with Crippen molar-refractivity contribution in [2.24, 2.45) is 5.92 Å². The van der Waals surface area contributed by atoms with E-state index in [0.29, 0.717) is 6.04 Å². The molecule has 118 valence electrons. The van der Waals surface area contributed by atoms with Gasteiger partial charge < -0.3 is 10.1 Å². The Labute approximate surface area is 137 Å². The van der Waals surface area contributed by atoms with E-state index in [1.807, 2.05) is 0 Å². The summed E-state index contributed by atoms with van der Waals surface area (Å²) in [5.41, 5.74) is 1.37. The van der Waals surface area contributed by atoms with E-state index in [9.17, 15) is 0 Å². The normalized spacial score (nSPS) is 17.1.